The first-order chi connectivity index (χ1) is 8.47. The van der Waals surface area contributed by atoms with Crippen molar-refractivity contribution in [3.8, 4) is 0 Å². The Hall–Kier alpha value is -0.220. The number of alkyl halides is 2. The fourth-order valence-electron chi connectivity index (χ4n) is 2.56. The second-order valence-corrected chi connectivity index (χ2v) is 5.59. The van der Waals surface area contributed by atoms with Gasteiger partial charge in [-0.1, -0.05) is 20.8 Å². The van der Waals surface area contributed by atoms with Crippen molar-refractivity contribution < 1.29 is 13.5 Å². The summed E-state index contributed by atoms with van der Waals surface area (Å²) >= 11 is 0. The maximum Gasteiger partial charge on any atom is 0.263 e. The standard InChI is InChI=1S/C12H21F2NO.C2H6/c1-10-3-6-15(8-12(10,13)14)7-11(4-5-11)9-16-2;1-2/h10H,3-9H2,1-2H3;1-2H3. The Morgan fingerprint density at radius 1 is 1.28 bits per heavy atom. The summed E-state index contributed by atoms with van der Waals surface area (Å²) < 4.78 is 32.3. The molecule has 1 unspecified atom stereocenters. The van der Waals surface area contributed by atoms with Crippen molar-refractivity contribution in [3.05, 3.63) is 0 Å². The van der Waals surface area contributed by atoms with E-state index in [4.69, 9.17) is 4.74 Å². The van der Waals surface area contributed by atoms with Gasteiger partial charge in [-0.15, -0.1) is 0 Å². The van der Waals surface area contributed by atoms with Crippen LogP contribution in [0.1, 0.15) is 40.0 Å². The number of likely N-dealkylation sites (tertiary alicyclic amines) is 1. The molecule has 1 heterocycles. The van der Waals surface area contributed by atoms with Gasteiger partial charge in [0.25, 0.3) is 5.92 Å². The lowest BCUT2D eigenvalue weighted by molar-refractivity contribution is -0.109. The number of piperidine rings is 1. The summed E-state index contributed by atoms with van der Waals surface area (Å²) in [6, 6.07) is 0. The first-order valence-corrected chi connectivity index (χ1v) is 7.07. The van der Waals surface area contributed by atoms with Gasteiger partial charge < -0.3 is 4.74 Å². The molecular formula is C14H27F2NO. The number of ether oxygens (including phenoxy) is 1. The second-order valence-electron chi connectivity index (χ2n) is 5.59. The molecule has 4 heteroatoms. The van der Waals surface area contributed by atoms with Gasteiger partial charge in [0.1, 0.15) is 0 Å². The molecule has 1 atom stereocenters. The summed E-state index contributed by atoms with van der Waals surface area (Å²) in [5.41, 5.74) is 0.186. The lowest BCUT2D eigenvalue weighted by Gasteiger charge is -2.38. The molecule has 0 bridgehead atoms. The van der Waals surface area contributed by atoms with Gasteiger partial charge in [0.2, 0.25) is 0 Å². The van der Waals surface area contributed by atoms with E-state index >= 15 is 0 Å². The highest BCUT2D eigenvalue weighted by Crippen LogP contribution is 2.47. The molecule has 1 saturated heterocycles. The van der Waals surface area contributed by atoms with E-state index in [9.17, 15) is 8.78 Å². The zero-order valence-electron chi connectivity index (χ0n) is 12.1. The van der Waals surface area contributed by atoms with Crippen molar-refractivity contribution in [2.75, 3.05) is 33.4 Å². The number of hydrogen-bond acceptors (Lipinski definition) is 2. The second kappa shape index (κ2) is 6.29. The lowest BCUT2D eigenvalue weighted by atomic mass is 9.94. The van der Waals surface area contributed by atoms with Crippen LogP contribution in [0.25, 0.3) is 0 Å². The Morgan fingerprint density at radius 2 is 1.89 bits per heavy atom. The minimum Gasteiger partial charge on any atom is -0.384 e. The Bertz CT molecular complexity index is 254. The third kappa shape index (κ3) is 3.89. The van der Waals surface area contributed by atoms with E-state index in [-0.39, 0.29) is 12.0 Å². The highest BCUT2D eigenvalue weighted by molar-refractivity contribution is 4.97. The smallest absolute Gasteiger partial charge is 0.263 e. The molecule has 1 saturated carbocycles. The summed E-state index contributed by atoms with van der Waals surface area (Å²) in [6.45, 7) is 7.88. The van der Waals surface area contributed by atoms with E-state index in [2.05, 4.69) is 0 Å². The molecule has 0 amide bonds. The Balaban J connectivity index is 0.000000771. The van der Waals surface area contributed by atoms with Gasteiger partial charge in [0.15, 0.2) is 0 Å². The van der Waals surface area contributed by atoms with E-state index < -0.39 is 11.8 Å². The molecule has 2 fully saturated rings. The molecule has 0 aromatic carbocycles. The molecule has 2 aliphatic rings. The monoisotopic (exact) mass is 263 g/mol. The van der Waals surface area contributed by atoms with Crippen molar-refractivity contribution in [3.63, 3.8) is 0 Å². The van der Waals surface area contributed by atoms with E-state index in [1.165, 1.54) is 0 Å². The molecule has 0 radical (unpaired) electrons. The van der Waals surface area contributed by atoms with Crippen LogP contribution in [0.15, 0.2) is 0 Å². The molecule has 2 nitrogen and oxygen atoms in total. The summed E-state index contributed by atoms with van der Waals surface area (Å²) in [4.78, 5) is 1.92. The number of hydrogen-bond donors (Lipinski definition) is 0. The van der Waals surface area contributed by atoms with Crippen LogP contribution in [-0.2, 0) is 4.74 Å². The van der Waals surface area contributed by atoms with E-state index in [1.54, 1.807) is 14.0 Å². The quantitative estimate of drug-likeness (QED) is 0.770. The average Bonchev–Trinajstić information content (AvgIpc) is 3.06. The predicted octanol–water partition coefficient (Wildman–Crippen LogP) is 3.42. The van der Waals surface area contributed by atoms with Gasteiger partial charge in [-0.05, 0) is 25.8 Å². The van der Waals surface area contributed by atoms with Gasteiger partial charge in [-0.2, -0.15) is 0 Å². The Morgan fingerprint density at radius 3 is 2.33 bits per heavy atom. The highest BCUT2D eigenvalue weighted by atomic mass is 19.3. The molecule has 0 N–H and O–H groups in total. The maximum absolute atomic E-state index is 13.6. The molecule has 0 aromatic heterocycles. The van der Waals surface area contributed by atoms with E-state index in [0.717, 1.165) is 25.9 Å². The molecule has 18 heavy (non-hydrogen) atoms. The van der Waals surface area contributed by atoms with Gasteiger partial charge >= 0.3 is 0 Å². The van der Waals surface area contributed by atoms with Gasteiger partial charge in [-0.25, -0.2) is 8.78 Å². The zero-order valence-corrected chi connectivity index (χ0v) is 12.1. The van der Waals surface area contributed by atoms with Crippen LogP contribution in [-0.4, -0.2) is 44.2 Å². The average molecular weight is 263 g/mol. The topological polar surface area (TPSA) is 12.5 Å². The van der Waals surface area contributed by atoms with Crippen LogP contribution in [0.3, 0.4) is 0 Å². The predicted molar refractivity (Wildman–Crippen MR) is 70.1 cm³/mol. The van der Waals surface area contributed by atoms with Gasteiger partial charge in [0.05, 0.1) is 13.2 Å². The van der Waals surface area contributed by atoms with Crippen LogP contribution >= 0.6 is 0 Å². The summed E-state index contributed by atoms with van der Waals surface area (Å²) in [5, 5.41) is 0. The first kappa shape index (κ1) is 15.8. The van der Waals surface area contributed by atoms with Gasteiger partial charge in [-0.3, -0.25) is 4.90 Å². The fourth-order valence-corrected chi connectivity index (χ4v) is 2.56. The fraction of sp³-hybridized carbons (Fsp3) is 1.00. The van der Waals surface area contributed by atoms with Crippen LogP contribution in [0.5, 0.6) is 0 Å². The van der Waals surface area contributed by atoms with Crippen LogP contribution in [0.4, 0.5) is 8.78 Å². The van der Waals surface area contributed by atoms with Crippen molar-refractivity contribution in [1.82, 2.24) is 4.90 Å². The molecule has 0 aromatic rings. The lowest BCUT2D eigenvalue weighted by Crippen LogP contribution is -2.49. The maximum atomic E-state index is 13.6. The van der Waals surface area contributed by atoms with Crippen molar-refractivity contribution in [1.29, 1.82) is 0 Å². The van der Waals surface area contributed by atoms with Crippen LogP contribution < -0.4 is 0 Å². The van der Waals surface area contributed by atoms with Crippen LogP contribution in [0, 0.1) is 11.3 Å². The summed E-state index contributed by atoms with van der Waals surface area (Å²) in [6.07, 6.45) is 2.85. The van der Waals surface area contributed by atoms with Crippen molar-refractivity contribution in [2.24, 2.45) is 11.3 Å². The molecule has 108 valence electrons. The third-order valence-corrected chi connectivity index (χ3v) is 4.00. The van der Waals surface area contributed by atoms with Crippen LogP contribution in [0.2, 0.25) is 0 Å². The number of rotatable bonds is 4. The number of halogens is 2. The zero-order chi connectivity index (χ0) is 13.8. The van der Waals surface area contributed by atoms with Crippen molar-refractivity contribution in [2.45, 2.75) is 46.0 Å². The van der Waals surface area contributed by atoms with Gasteiger partial charge in [0, 0.05) is 25.0 Å². The molecule has 2 rings (SSSR count). The van der Waals surface area contributed by atoms with E-state index in [1.807, 2.05) is 18.7 Å². The van der Waals surface area contributed by atoms with E-state index in [0.29, 0.717) is 13.0 Å². The third-order valence-electron chi connectivity index (χ3n) is 4.00. The number of nitrogens with zero attached hydrogens (tertiary/aromatic N) is 1. The molecule has 1 aliphatic heterocycles. The minimum atomic E-state index is -2.51. The number of methoxy groups -OCH3 is 1. The SMILES string of the molecule is CC.COCC1(CN2CCC(C)C(F)(F)C2)CC1. The normalized spacial score (nSPS) is 29.3. The Labute approximate surface area is 110 Å². The van der Waals surface area contributed by atoms with Crippen molar-refractivity contribution >= 4 is 0 Å². The largest absolute Gasteiger partial charge is 0.384 e. The minimum absolute atomic E-state index is 0.0698. The Kier molecular flexibility index (Phi) is 5.53. The highest BCUT2D eigenvalue weighted by Gasteiger charge is 2.48. The molecular weight excluding hydrogens is 236 g/mol. The summed E-state index contributed by atoms with van der Waals surface area (Å²) in [7, 11) is 1.69. The summed E-state index contributed by atoms with van der Waals surface area (Å²) in [5.74, 6) is -2.98. The molecule has 1 aliphatic carbocycles. The molecule has 0 spiro atoms. The first-order valence-electron chi connectivity index (χ1n) is 7.07.